The van der Waals surface area contributed by atoms with Crippen LogP contribution in [0.1, 0.15) is 16.7 Å². The summed E-state index contributed by atoms with van der Waals surface area (Å²) >= 11 is 1.47. The van der Waals surface area contributed by atoms with Crippen LogP contribution in [-0.2, 0) is 19.6 Å². The third kappa shape index (κ3) is 6.67. The Bertz CT molecular complexity index is 1650. The standard InChI is InChI=1S/C35H32N2O4S2/c1-41-31-21-17-26(18-22-31)27-19-23-32(24-20-27)43(39,40)37-33(34(36)38)25-42-35(28-11-5-2-6-12-28,29-13-7-3-8-14-29)30-15-9-4-10-16-30/h2-24,33,37H,25H2,1H3,(H2,36,38)/t33-/m0/s1. The predicted molar refractivity (Wildman–Crippen MR) is 173 cm³/mol. The van der Waals surface area contributed by atoms with E-state index in [4.69, 9.17) is 10.5 Å². The molecule has 43 heavy (non-hydrogen) atoms. The fourth-order valence-corrected chi connectivity index (χ4v) is 7.90. The van der Waals surface area contributed by atoms with E-state index in [2.05, 4.69) is 4.72 Å². The first-order chi connectivity index (χ1) is 20.8. The van der Waals surface area contributed by atoms with E-state index >= 15 is 0 Å². The molecular formula is C35H32N2O4S2. The molecule has 0 bridgehead atoms. The molecule has 0 aliphatic rings. The summed E-state index contributed by atoms with van der Waals surface area (Å²) in [7, 11) is -2.46. The van der Waals surface area contributed by atoms with Gasteiger partial charge in [-0.25, -0.2) is 8.42 Å². The van der Waals surface area contributed by atoms with Crippen molar-refractivity contribution in [1.82, 2.24) is 4.72 Å². The van der Waals surface area contributed by atoms with Crippen molar-refractivity contribution < 1.29 is 17.9 Å². The van der Waals surface area contributed by atoms with Crippen molar-refractivity contribution in [2.24, 2.45) is 5.73 Å². The van der Waals surface area contributed by atoms with E-state index in [1.165, 1.54) is 23.9 Å². The van der Waals surface area contributed by atoms with Crippen LogP contribution in [0.25, 0.3) is 11.1 Å². The van der Waals surface area contributed by atoms with Gasteiger partial charge in [0.25, 0.3) is 0 Å². The molecule has 0 aliphatic carbocycles. The number of methoxy groups -OCH3 is 1. The van der Waals surface area contributed by atoms with Gasteiger partial charge in [0.1, 0.15) is 11.8 Å². The van der Waals surface area contributed by atoms with E-state index in [1.54, 1.807) is 19.2 Å². The number of primary amides is 1. The van der Waals surface area contributed by atoms with Gasteiger partial charge < -0.3 is 10.5 Å². The number of hydrogen-bond donors (Lipinski definition) is 2. The molecule has 3 N–H and O–H groups in total. The first-order valence-corrected chi connectivity index (χ1v) is 16.2. The molecule has 0 unspecified atom stereocenters. The number of nitrogens with one attached hydrogen (secondary N) is 1. The van der Waals surface area contributed by atoms with Gasteiger partial charge in [-0.2, -0.15) is 4.72 Å². The minimum atomic E-state index is -4.06. The van der Waals surface area contributed by atoms with Gasteiger partial charge >= 0.3 is 0 Å². The Hall–Kier alpha value is -4.37. The fraction of sp³-hybridized carbons (Fsp3) is 0.114. The summed E-state index contributed by atoms with van der Waals surface area (Å²) in [5.74, 6) is 0.0734. The van der Waals surface area contributed by atoms with Crippen LogP contribution >= 0.6 is 11.8 Å². The lowest BCUT2D eigenvalue weighted by Crippen LogP contribution is -2.47. The number of carbonyl (C=O) groups excluding carboxylic acids is 1. The van der Waals surface area contributed by atoms with E-state index in [9.17, 15) is 13.2 Å². The van der Waals surface area contributed by atoms with Crippen molar-refractivity contribution in [3.8, 4) is 16.9 Å². The maximum absolute atomic E-state index is 13.5. The summed E-state index contributed by atoms with van der Waals surface area (Å²) in [5.41, 5.74) is 10.6. The van der Waals surface area contributed by atoms with Crippen LogP contribution in [0, 0.1) is 0 Å². The highest BCUT2D eigenvalue weighted by Crippen LogP contribution is 2.48. The van der Waals surface area contributed by atoms with E-state index in [0.29, 0.717) is 0 Å². The maximum Gasteiger partial charge on any atom is 0.241 e. The molecule has 0 heterocycles. The Morgan fingerprint density at radius 3 is 1.53 bits per heavy atom. The Kier molecular flexibility index (Phi) is 9.31. The SMILES string of the molecule is COc1ccc(-c2ccc(S(=O)(=O)N[C@@H](CSC(c3ccccc3)(c3ccccc3)c3ccccc3)C(N)=O)cc2)cc1. The van der Waals surface area contributed by atoms with Crippen LogP contribution < -0.4 is 15.2 Å². The van der Waals surface area contributed by atoms with Crippen LogP contribution in [0.4, 0.5) is 0 Å². The van der Waals surface area contributed by atoms with Crippen molar-refractivity contribution in [2.45, 2.75) is 15.7 Å². The number of thioether (sulfide) groups is 1. The molecule has 218 valence electrons. The number of nitrogens with two attached hydrogens (primary N) is 1. The van der Waals surface area contributed by atoms with Crippen molar-refractivity contribution >= 4 is 27.7 Å². The lowest BCUT2D eigenvalue weighted by atomic mass is 9.84. The molecule has 0 fully saturated rings. The van der Waals surface area contributed by atoms with Gasteiger partial charge in [-0.3, -0.25) is 4.79 Å². The zero-order valence-corrected chi connectivity index (χ0v) is 25.2. The molecule has 0 aromatic heterocycles. The minimum absolute atomic E-state index is 0.0430. The molecule has 5 rings (SSSR count). The van der Waals surface area contributed by atoms with E-state index in [1.807, 2.05) is 115 Å². The molecular weight excluding hydrogens is 577 g/mol. The molecule has 1 amide bonds. The van der Waals surface area contributed by atoms with Gasteiger partial charge in [0.2, 0.25) is 15.9 Å². The first kappa shape index (κ1) is 30.1. The average Bonchev–Trinajstić information content (AvgIpc) is 3.06. The fourth-order valence-electron chi connectivity index (χ4n) is 5.02. The second-order valence-electron chi connectivity index (χ2n) is 9.92. The highest BCUT2D eigenvalue weighted by atomic mass is 32.2. The number of carbonyl (C=O) groups is 1. The van der Waals surface area contributed by atoms with Crippen LogP contribution in [-0.4, -0.2) is 33.2 Å². The number of benzene rings is 5. The molecule has 5 aromatic rings. The number of rotatable bonds is 12. The smallest absolute Gasteiger partial charge is 0.241 e. The van der Waals surface area contributed by atoms with Gasteiger partial charge in [-0.05, 0) is 52.1 Å². The van der Waals surface area contributed by atoms with Gasteiger partial charge in [0.15, 0.2) is 0 Å². The van der Waals surface area contributed by atoms with Crippen molar-refractivity contribution in [3.05, 3.63) is 156 Å². The summed E-state index contributed by atoms with van der Waals surface area (Å²) in [6.07, 6.45) is 0. The summed E-state index contributed by atoms with van der Waals surface area (Å²) in [6, 6.07) is 42.8. The quantitative estimate of drug-likeness (QED) is 0.164. The minimum Gasteiger partial charge on any atom is -0.497 e. The molecule has 8 heteroatoms. The summed E-state index contributed by atoms with van der Waals surface area (Å²) in [5, 5.41) is 0. The Balaban J connectivity index is 1.44. The predicted octanol–water partition coefficient (Wildman–Crippen LogP) is 6.22. The number of amides is 1. The number of ether oxygens (including phenoxy) is 1. The molecule has 6 nitrogen and oxygen atoms in total. The largest absolute Gasteiger partial charge is 0.497 e. The molecule has 0 aliphatic heterocycles. The summed E-state index contributed by atoms with van der Waals surface area (Å²) < 4.78 is 34.0. The van der Waals surface area contributed by atoms with Crippen LogP contribution in [0.2, 0.25) is 0 Å². The molecule has 0 saturated carbocycles. The van der Waals surface area contributed by atoms with Gasteiger partial charge in [0, 0.05) is 5.75 Å². The van der Waals surface area contributed by atoms with Crippen molar-refractivity contribution in [2.75, 3.05) is 12.9 Å². The first-order valence-electron chi connectivity index (χ1n) is 13.7. The molecule has 5 aromatic carbocycles. The Morgan fingerprint density at radius 1 is 0.721 bits per heavy atom. The van der Waals surface area contributed by atoms with Gasteiger partial charge in [0.05, 0.1) is 16.8 Å². The summed E-state index contributed by atoms with van der Waals surface area (Å²) in [4.78, 5) is 12.7. The number of hydrogen-bond acceptors (Lipinski definition) is 5. The van der Waals surface area contributed by atoms with Gasteiger partial charge in [-0.15, -0.1) is 11.8 Å². The molecule has 0 radical (unpaired) electrons. The van der Waals surface area contributed by atoms with E-state index in [-0.39, 0.29) is 10.6 Å². The molecule has 0 spiro atoms. The molecule has 1 atom stereocenters. The Morgan fingerprint density at radius 2 is 1.14 bits per heavy atom. The normalized spacial score (nSPS) is 12.4. The monoisotopic (exact) mass is 608 g/mol. The van der Waals surface area contributed by atoms with Gasteiger partial charge in [-0.1, -0.05) is 115 Å². The third-order valence-corrected chi connectivity index (χ3v) is 10.4. The second kappa shape index (κ2) is 13.3. The lowest BCUT2D eigenvalue weighted by Gasteiger charge is -2.36. The average molecular weight is 609 g/mol. The third-order valence-electron chi connectivity index (χ3n) is 7.24. The number of sulfonamides is 1. The maximum atomic E-state index is 13.5. The highest BCUT2D eigenvalue weighted by Gasteiger charge is 2.38. The lowest BCUT2D eigenvalue weighted by molar-refractivity contribution is -0.119. The summed E-state index contributed by atoms with van der Waals surface area (Å²) in [6.45, 7) is 0. The van der Waals surface area contributed by atoms with Crippen molar-refractivity contribution in [3.63, 3.8) is 0 Å². The van der Waals surface area contributed by atoms with E-state index < -0.39 is 26.7 Å². The molecule has 0 saturated heterocycles. The Labute approximate surface area is 257 Å². The van der Waals surface area contributed by atoms with Crippen LogP contribution in [0.15, 0.2) is 144 Å². The van der Waals surface area contributed by atoms with Crippen LogP contribution in [0.3, 0.4) is 0 Å². The van der Waals surface area contributed by atoms with Crippen LogP contribution in [0.5, 0.6) is 5.75 Å². The van der Waals surface area contributed by atoms with E-state index in [0.717, 1.165) is 33.6 Å². The second-order valence-corrected chi connectivity index (χ2v) is 12.9. The zero-order valence-electron chi connectivity index (χ0n) is 23.6. The topological polar surface area (TPSA) is 98.5 Å². The van der Waals surface area contributed by atoms with Crippen molar-refractivity contribution in [1.29, 1.82) is 0 Å². The highest BCUT2D eigenvalue weighted by molar-refractivity contribution is 8.00. The zero-order chi connectivity index (χ0) is 30.3.